The summed E-state index contributed by atoms with van der Waals surface area (Å²) in [6.07, 6.45) is 5.97. The quantitative estimate of drug-likeness (QED) is 0.675. The first kappa shape index (κ1) is 22.6. The van der Waals surface area contributed by atoms with E-state index >= 15 is 0 Å². The van der Waals surface area contributed by atoms with Crippen LogP contribution in [0.2, 0.25) is 0 Å². The number of piperidine rings is 1. The lowest BCUT2D eigenvalue weighted by molar-refractivity contribution is -0.132. The molecule has 0 unspecified atom stereocenters. The molecule has 0 aromatic heterocycles. The Balaban J connectivity index is 0.00000280. The molecule has 0 radical (unpaired) electrons. The van der Waals surface area contributed by atoms with Crippen LogP contribution >= 0.6 is 12.4 Å². The lowest BCUT2D eigenvalue weighted by Crippen LogP contribution is -2.45. The Labute approximate surface area is 174 Å². The van der Waals surface area contributed by atoms with Gasteiger partial charge in [0.05, 0.1) is 21.3 Å². The summed E-state index contributed by atoms with van der Waals surface area (Å²) in [6, 6.07) is 4.38. The molecule has 28 heavy (non-hydrogen) atoms. The zero-order valence-corrected chi connectivity index (χ0v) is 18.0. The van der Waals surface area contributed by atoms with Gasteiger partial charge in [-0.05, 0) is 56.2 Å². The van der Waals surface area contributed by atoms with Gasteiger partial charge in [0.1, 0.15) is 0 Å². The van der Waals surface area contributed by atoms with Gasteiger partial charge in [0.25, 0.3) is 0 Å². The van der Waals surface area contributed by atoms with Crippen molar-refractivity contribution >= 4 is 18.3 Å². The molecule has 3 rings (SSSR count). The van der Waals surface area contributed by atoms with Crippen molar-refractivity contribution in [1.82, 2.24) is 10.2 Å². The molecule has 2 aliphatic rings. The van der Waals surface area contributed by atoms with E-state index in [0.29, 0.717) is 36.1 Å². The van der Waals surface area contributed by atoms with Gasteiger partial charge < -0.3 is 24.4 Å². The number of aryl methyl sites for hydroxylation is 1. The molecule has 1 amide bonds. The number of nitrogens with zero attached hydrogens (tertiary/aromatic N) is 1. The summed E-state index contributed by atoms with van der Waals surface area (Å²) in [7, 11) is 4.81. The van der Waals surface area contributed by atoms with Crippen molar-refractivity contribution in [2.45, 2.75) is 44.6 Å². The molecule has 1 aromatic rings. The molecule has 6 nitrogen and oxygen atoms in total. The molecule has 0 atom stereocenters. The Hall–Kier alpha value is -1.66. The molecule has 7 heteroatoms. The molecule has 0 spiro atoms. The average Bonchev–Trinajstić information content (AvgIpc) is 3.54. The van der Waals surface area contributed by atoms with Gasteiger partial charge in [0.15, 0.2) is 11.5 Å². The van der Waals surface area contributed by atoms with Gasteiger partial charge in [-0.2, -0.15) is 0 Å². The maximum atomic E-state index is 12.6. The van der Waals surface area contributed by atoms with Crippen LogP contribution in [0.15, 0.2) is 12.1 Å². The SMILES string of the molecule is COc1ccc(CCC(=O)N2CCC(NCC3CC3)CC2)c(OC)c1OC.Cl. The monoisotopic (exact) mass is 412 g/mol. The molecule has 2 fully saturated rings. The van der Waals surface area contributed by atoms with Crippen LogP contribution in [-0.2, 0) is 11.2 Å². The Morgan fingerprint density at radius 3 is 2.29 bits per heavy atom. The minimum Gasteiger partial charge on any atom is -0.493 e. The molecule has 1 saturated heterocycles. The number of halogens is 1. The fourth-order valence-electron chi connectivity index (χ4n) is 3.75. The number of likely N-dealkylation sites (tertiary alicyclic amines) is 1. The molecule has 1 aliphatic carbocycles. The van der Waals surface area contributed by atoms with E-state index in [1.165, 1.54) is 12.8 Å². The summed E-state index contributed by atoms with van der Waals surface area (Å²) >= 11 is 0. The lowest BCUT2D eigenvalue weighted by atomic mass is 10.0. The average molecular weight is 413 g/mol. The Morgan fingerprint density at radius 1 is 1.04 bits per heavy atom. The molecule has 1 aromatic carbocycles. The maximum Gasteiger partial charge on any atom is 0.222 e. The van der Waals surface area contributed by atoms with Crippen LogP contribution in [0, 0.1) is 5.92 Å². The summed E-state index contributed by atoms with van der Waals surface area (Å²) in [5.74, 6) is 2.97. The van der Waals surface area contributed by atoms with Crippen LogP contribution in [-0.4, -0.2) is 57.8 Å². The number of ether oxygens (including phenoxy) is 3. The fourth-order valence-corrected chi connectivity index (χ4v) is 3.75. The number of hydrogen-bond acceptors (Lipinski definition) is 5. The summed E-state index contributed by atoms with van der Waals surface area (Å²) in [4.78, 5) is 14.6. The molecule has 1 heterocycles. The molecule has 1 N–H and O–H groups in total. The highest BCUT2D eigenvalue weighted by molar-refractivity contribution is 5.85. The largest absolute Gasteiger partial charge is 0.493 e. The lowest BCUT2D eigenvalue weighted by Gasteiger charge is -2.32. The highest BCUT2D eigenvalue weighted by atomic mass is 35.5. The number of hydrogen-bond donors (Lipinski definition) is 1. The number of carbonyl (C=O) groups is 1. The third-order valence-corrected chi connectivity index (χ3v) is 5.63. The molecule has 1 saturated carbocycles. The van der Waals surface area contributed by atoms with Crippen LogP contribution < -0.4 is 19.5 Å². The number of carbonyl (C=O) groups excluding carboxylic acids is 1. The minimum absolute atomic E-state index is 0. The van der Waals surface area contributed by atoms with E-state index in [4.69, 9.17) is 14.2 Å². The third kappa shape index (κ3) is 5.67. The second kappa shape index (κ2) is 10.8. The molecular weight excluding hydrogens is 380 g/mol. The van der Waals surface area contributed by atoms with Crippen LogP contribution in [0.3, 0.4) is 0 Å². The van der Waals surface area contributed by atoms with E-state index in [-0.39, 0.29) is 18.3 Å². The standard InChI is InChI=1S/C21H32N2O4.ClH/c1-25-18-8-6-16(20(26-2)21(18)27-3)7-9-19(24)23-12-10-17(11-13-23)22-14-15-4-5-15;/h6,8,15,17,22H,4-5,7,9-14H2,1-3H3;1H. The Morgan fingerprint density at radius 2 is 1.71 bits per heavy atom. The van der Waals surface area contributed by atoms with E-state index in [0.717, 1.165) is 44.0 Å². The van der Waals surface area contributed by atoms with E-state index in [9.17, 15) is 4.79 Å². The van der Waals surface area contributed by atoms with Gasteiger partial charge >= 0.3 is 0 Å². The van der Waals surface area contributed by atoms with Crippen molar-refractivity contribution in [2.24, 2.45) is 5.92 Å². The number of benzene rings is 1. The first-order valence-corrected chi connectivity index (χ1v) is 9.95. The smallest absolute Gasteiger partial charge is 0.222 e. The second-order valence-corrected chi connectivity index (χ2v) is 7.50. The Kier molecular flexibility index (Phi) is 8.70. The number of methoxy groups -OCH3 is 3. The Bertz CT molecular complexity index is 644. The zero-order valence-electron chi connectivity index (χ0n) is 17.2. The summed E-state index contributed by atoms with van der Waals surface area (Å²) < 4.78 is 16.3. The van der Waals surface area contributed by atoms with E-state index in [1.807, 2.05) is 17.0 Å². The number of nitrogens with one attached hydrogen (secondary N) is 1. The van der Waals surface area contributed by atoms with Crippen molar-refractivity contribution in [3.63, 3.8) is 0 Å². The van der Waals surface area contributed by atoms with Gasteiger partial charge in [0, 0.05) is 25.6 Å². The van der Waals surface area contributed by atoms with Gasteiger partial charge in [-0.25, -0.2) is 0 Å². The van der Waals surface area contributed by atoms with Crippen molar-refractivity contribution in [3.05, 3.63) is 17.7 Å². The van der Waals surface area contributed by atoms with E-state index in [2.05, 4.69) is 5.32 Å². The molecule has 158 valence electrons. The summed E-state index contributed by atoms with van der Waals surface area (Å²) in [5, 5.41) is 3.66. The normalized spacial score (nSPS) is 17.0. The first-order chi connectivity index (χ1) is 13.2. The van der Waals surface area contributed by atoms with E-state index < -0.39 is 0 Å². The molecular formula is C21H33ClN2O4. The predicted molar refractivity (Wildman–Crippen MR) is 112 cm³/mol. The zero-order chi connectivity index (χ0) is 19.2. The van der Waals surface area contributed by atoms with Crippen LogP contribution in [0.5, 0.6) is 17.2 Å². The van der Waals surface area contributed by atoms with Gasteiger partial charge in [-0.1, -0.05) is 6.07 Å². The summed E-state index contributed by atoms with van der Waals surface area (Å²) in [5.41, 5.74) is 0.962. The highest BCUT2D eigenvalue weighted by Gasteiger charge is 2.26. The molecule has 0 bridgehead atoms. The van der Waals surface area contributed by atoms with Crippen molar-refractivity contribution < 1.29 is 19.0 Å². The summed E-state index contributed by atoms with van der Waals surface area (Å²) in [6.45, 7) is 2.85. The van der Waals surface area contributed by atoms with Gasteiger partial charge in [-0.15, -0.1) is 12.4 Å². The van der Waals surface area contributed by atoms with Crippen molar-refractivity contribution in [3.8, 4) is 17.2 Å². The highest BCUT2D eigenvalue weighted by Crippen LogP contribution is 2.40. The van der Waals surface area contributed by atoms with Crippen LogP contribution in [0.4, 0.5) is 0 Å². The predicted octanol–water partition coefficient (Wildman–Crippen LogP) is 3.06. The van der Waals surface area contributed by atoms with E-state index in [1.54, 1.807) is 21.3 Å². The van der Waals surface area contributed by atoms with Crippen molar-refractivity contribution in [1.29, 1.82) is 0 Å². The maximum absolute atomic E-state index is 12.6. The molecule has 1 aliphatic heterocycles. The topological polar surface area (TPSA) is 60.0 Å². The van der Waals surface area contributed by atoms with Gasteiger partial charge in [0.2, 0.25) is 11.7 Å². The fraction of sp³-hybridized carbons (Fsp3) is 0.667. The third-order valence-electron chi connectivity index (χ3n) is 5.63. The van der Waals surface area contributed by atoms with Gasteiger partial charge in [-0.3, -0.25) is 4.79 Å². The van der Waals surface area contributed by atoms with Crippen molar-refractivity contribution in [2.75, 3.05) is 41.0 Å². The van der Waals surface area contributed by atoms with Crippen LogP contribution in [0.1, 0.15) is 37.7 Å². The second-order valence-electron chi connectivity index (χ2n) is 7.50. The minimum atomic E-state index is 0. The van der Waals surface area contributed by atoms with Crippen LogP contribution in [0.25, 0.3) is 0 Å². The number of amides is 1. The number of rotatable bonds is 9. The first-order valence-electron chi connectivity index (χ1n) is 9.95.